The highest BCUT2D eigenvalue weighted by atomic mass is 35.5. The van der Waals surface area contributed by atoms with Crippen LogP contribution in [0.25, 0.3) is 0 Å². The van der Waals surface area contributed by atoms with Gasteiger partial charge in [0, 0.05) is 13.1 Å². The van der Waals surface area contributed by atoms with Crippen LogP contribution in [0.3, 0.4) is 0 Å². The van der Waals surface area contributed by atoms with Gasteiger partial charge in [0.15, 0.2) is 0 Å². The number of alkyl halides is 3. The molecule has 0 atom stereocenters. The summed E-state index contributed by atoms with van der Waals surface area (Å²) in [6, 6.07) is 0. The van der Waals surface area contributed by atoms with Crippen molar-refractivity contribution >= 4 is 12.4 Å². The van der Waals surface area contributed by atoms with Gasteiger partial charge in [-0.2, -0.15) is 13.2 Å². The SMILES string of the molecule is Cl.NN1CCC(C(F)(F)F)CC1. The molecule has 0 aromatic carbocycles. The van der Waals surface area contributed by atoms with Crippen molar-refractivity contribution in [1.82, 2.24) is 5.01 Å². The Morgan fingerprint density at radius 2 is 1.58 bits per heavy atom. The Kier molecular flexibility index (Phi) is 4.30. The van der Waals surface area contributed by atoms with E-state index in [2.05, 4.69) is 0 Å². The molecule has 0 amide bonds. The third-order valence-electron chi connectivity index (χ3n) is 1.99. The summed E-state index contributed by atoms with van der Waals surface area (Å²) in [5.74, 6) is 4.17. The van der Waals surface area contributed by atoms with E-state index in [1.54, 1.807) is 0 Å². The largest absolute Gasteiger partial charge is 0.391 e. The van der Waals surface area contributed by atoms with Crippen LogP contribution >= 0.6 is 12.4 Å². The zero-order chi connectivity index (χ0) is 8.48. The van der Waals surface area contributed by atoms with E-state index in [0.717, 1.165) is 0 Å². The highest BCUT2D eigenvalue weighted by Crippen LogP contribution is 2.33. The molecule has 1 aliphatic rings. The van der Waals surface area contributed by atoms with Gasteiger partial charge in [-0.05, 0) is 12.8 Å². The maximum atomic E-state index is 12.0. The third kappa shape index (κ3) is 3.16. The molecule has 0 bridgehead atoms. The number of halogens is 4. The Hall–Kier alpha value is -0.0000000000000000555. The highest BCUT2D eigenvalue weighted by Gasteiger charge is 2.40. The zero-order valence-electron chi connectivity index (χ0n) is 6.47. The van der Waals surface area contributed by atoms with E-state index in [-0.39, 0.29) is 25.2 Å². The fourth-order valence-electron chi connectivity index (χ4n) is 1.23. The molecule has 1 aliphatic heterocycles. The Bertz CT molecular complexity index is 131. The second kappa shape index (κ2) is 4.30. The zero-order valence-corrected chi connectivity index (χ0v) is 7.29. The van der Waals surface area contributed by atoms with Crippen molar-refractivity contribution in [1.29, 1.82) is 0 Å². The average molecular weight is 205 g/mol. The molecular weight excluding hydrogens is 193 g/mol. The predicted octanol–water partition coefficient (Wildman–Crippen LogP) is 1.56. The minimum Gasteiger partial charge on any atom is -0.269 e. The predicted molar refractivity (Wildman–Crippen MR) is 41.8 cm³/mol. The number of rotatable bonds is 0. The Balaban J connectivity index is 0.00000121. The van der Waals surface area contributed by atoms with Crippen molar-refractivity contribution in [3.63, 3.8) is 0 Å². The van der Waals surface area contributed by atoms with Crippen molar-refractivity contribution in [3.05, 3.63) is 0 Å². The Morgan fingerprint density at radius 3 is 1.92 bits per heavy atom. The van der Waals surface area contributed by atoms with Gasteiger partial charge in [-0.3, -0.25) is 5.84 Å². The molecule has 1 fully saturated rings. The average Bonchev–Trinajstić information content (AvgIpc) is 1.86. The van der Waals surface area contributed by atoms with Crippen molar-refractivity contribution < 1.29 is 13.2 Å². The first-order valence-corrected chi connectivity index (χ1v) is 3.56. The van der Waals surface area contributed by atoms with E-state index in [1.807, 2.05) is 0 Å². The first-order chi connectivity index (χ1) is 5.00. The molecule has 2 nitrogen and oxygen atoms in total. The first-order valence-electron chi connectivity index (χ1n) is 3.56. The van der Waals surface area contributed by atoms with Crippen LogP contribution in [0.4, 0.5) is 13.2 Å². The van der Waals surface area contributed by atoms with Crippen LogP contribution in [0.1, 0.15) is 12.8 Å². The normalized spacial score (nSPS) is 22.0. The number of nitrogens with zero attached hydrogens (tertiary/aromatic N) is 1. The summed E-state index contributed by atoms with van der Waals surface area (Å²) in [5, 5.41) is 1.43. The number of hydrogen-bond acceptors (Lipinski definition) is 2. The number of hydrogen-bond donors (Lipinski definition) is 1. The second-order valence-electron chi connectivity index (χ2n) is 2.85. The lowest BCUT2D eigenvalue weighted by molar-refractivity contribution is -0.185. The van der Waals surface area contributed by atoms with E-state index in [4.69, 9.17) is 5.84 Å². The fourth-order valence-corrected chi connectivity index (χ4v) is 1.23. The first kappa shape index (κ1) is 12.0. The minimum absolute atomic E-state index is 0. The molecule has 1 rings (SSSR count). The lowest BCUT2D eigenvalue weighted by Gasteiger charge is -2.29. The van der Waals surface area contributed by atoms with Crippen LogP contribution < -0.4 is 5.84 Å². The smallest absolute Gasteiger partial charge is 0.269 e. The van der Waals surface area contributed by atoms with Crippen LogP contribution in [0.5, 0.6) is 0 Å². The molecule has 0 unspecified atom stereocenters. The van der Waals surface area contributed by atoms with Crippen molar-refractivity contribution in [2.75, 3.05) is 13.1 Å². The quantitative estimate of drug-likeness (QED) is 0.607. The summed E-state index contributed by atoms with van der Waals surface area (Å²) in [7, 11) is 0. The van der Waals surface area contributed by atoms with Crippen LogP contribution in [0.2, 0.25) is 0 Å². The van der Waals surface area contributed by atoms with Crippen LogP contribution in [0, 0.1) is 5.92 Å². The topological polar surface area (TPSA) is 29.3 Å². The van der Waals surface area contributed by atoms with E-state index < -0.39 is 12.1 Å². The molecule has 74 valence electrons. The molecular formula is C6H12ClF3N2. The summed E-state index contributed by atoms with van der Waals surface area (Å²) in [4.78, 5) is 0. The molecule has 0 radical (unpaired) electrons. The highest BCUT2D eigenvalue weighted by molar-refractivity contribution is 5.85. The molecule has 0 spiro atoms. The van der Waals surface area contributed by atoms with Crippen LogP contribution in [-0.4, -0.2) is 24.3 Å². The number of piperidine rings is 1. The summed E-state index contributed by atoms with van der Waals surface area (Å²) < 4.78 is 36.0. The molecule has 1 heterocycles. The number of nitrogens with two attached hydrogens (primary N) is 1. The van der Waals surface area contributed by atoms with Crippen molar-refractivity contribution in [2.24, 2.45) is 11.8 Å². The Morgan fingerprint density at radius 1 is 1.17 bits per heavy atom. The van der Waals surface area contributed by atoms with Gasteiger partial charge in [0.05, 0.1) is 5.92 Å². The molecule has 0 aromatic rings. The maximum absolute atomic E-state index is 12.0. The molecule has 6 heteroatoms. The van der Waals surface area contributed by atoms with E-state index >= 15 is 0 Å². The standard InChI is InChI=1S/C6H11F3N2.ClH/c7-6(8,9)5-1-3-11(10)4-2-5;/h5H,1-4,10H2;1H. The molecule has 0 aliphatic carbocycles. The fraction of sp³-hybridized carbons (Fsp3) is 1.00. The van der Waals surface area contributed by atoms with Crippen molar-refractivity contribution in [2.45, 2.75) is 19.0 Å². The molecule has 12 heavy (non-hydrogen) atoms. The minimum atomic E-state index is -4.03. The number of hydrazine groups is 1. The molecule has 0 aromatic heterocycles. The van der Waals surface area contributed by atoms with E-state index in [9.17, 15) is 13.2 Å². The van der Waals surface area contributed by atoms with Gasteiger partial charge in [0.1, 0.15) is 0 Å². The lowest BCUT2D eigenvalue weighted by atomic mass is 9.97. The van der Waals surface area contributed by atoms with Gasteiger partial charge in [0.25, 0.3) is 0 Å². The summed E-state index contributed by atoms with van der Waals surface area (Å²) in [5.41, 5.74) is 0. The van der Waals surface area contributed by atoms with E-state index in [0.29, 0.717) is 13.1 Å². The van der Waals surface area contributed by atoms with Crippen LogP contribution in [0.15, 0.2) is 0 Å². The van der Waals surface area contributed by atoms with Gasteiger partial charge in [-0.25, -0.2) is 5.01 Å². The Labute approximate surface area is 75.3 Å². The maximum Gasteiger partial charge on any atom is 0.391 e. The monoisotopic (exact) mass is 204 g/mol. The second-order valence-corrected chi connectivity index (χ2v) is 2.85. The van der Waals surface area contributed by atoms with Crippen LogP contribution in [-0.2, 0) is 0 Å². The molecule has 1 saturated heterocycles. The van der Waals surface area contributed by atoms with E-state index in [1.165, 1.54) is 5.01 Å². The van der Waals surface area contributed by atoms with Gasteiger partial charge in [-0.15, -0.1) is 12.4 Å². The molecule has 0 saturated carbocycles. The van der Waals surface area contributed by atoms with Gasteiger partial charge in [-0.1, -0.05) is 0 Å². The van der Waals surface area contributed by atoms with Gasteiger partial charge < -0.3 is 0 Å². The van der Waals surface area contributed by atoms with Gasteiger partial charge in [0.2, 0.25) is 0 Å². The van der Waals surface area contributed by atoms with Crippen molar-refractivity contribution in [3.8, 4) is 0 Å². The molecule has 2 N–H and O–H groups in total. The third-order valence-corrected chi connectivity index (χ3v) is 1.99. The summed E-state index contributed by atoms with van der Waals surface area (Å²) in [6.45, 7) is 0.703. The lowest BCUT2D eigenvalue weighted by Crippen LogP contribution is -2.42. The van der Waals surface area contributed by atoms with Gasteiger partial charge >= 0.3 is 6.18 Å². The summed E-state index contributed by atoms with van der Waals surface area (Å²) in [6.07, 6.45) is -3.75. The summed E-state index contributed by atoms with van der Waals surface area (Å²) >= 11 is 0.